The van der Waals surface area contributed by atoms with E-state index in [-0.39, 0.29) is 16.7 Å². The van der Waals surface area contributed by atoms with Crippen molar-refractivity contribution in [2.24, 2.45) is 17.8 Å². The molecule has 7 heteroatoms. The van der Waals surface area contributed by atoms with E-state index >= 15 is 0 Å². The summed E-state index contributed by atoms with van der Waals surface area (Å²) >= 11 is 0. The van der Waals surface area contributed by atoms with Gasteiger partial charge in [0, 0.05) is 11.6 Å². The summed E-state index contributed by atoms with van der Waals surface area (Å²) in [5.74, 6) is 2.49. The maximum atomic E-state index is 11.1. The molecule has 1 N–H and O–H groups in total. The highest BCUT2D eigenvalue weighted by molar-refractivity contribution is 5.93. The van der Waals surface area contributed by atoms with Crippen LogP contribution in [0.15, 0.2) is 16.8 Å². The van der Waals surface area contributed by atoms with Crippen molar-refractivity contribution in [3.05, 3.63) is 22.2 Å². The molecule has 0 unspecified atom stereocenters. The average molecular weight is 314 g/mol. The first kappa shape index (κ1) is 13.3. The number of fused-ring (bicyclic) bond motifs is 1. The minimum absolute atomic E-state index is 0.0580. The molecule has 4 aliphatic rings. The topological polar surface area (TPSA) is 94.1 Å². The van der Waals surface area contributed by atoms with E-state index in [9.17, 15) is 10.1 Å². The van der Waals surface area contributed by atoms with Crippen LogP contribution in [0.5, 0.6) is 0 Å². The molecule has 1 aromatic carbocycles. The first-order valence-electron chi connectivity index (χ1n) is 8.30. The largest absolute Gasteiger partial charge is 0.378 e. The highest BCUT2D eigenvalue weighted by atomic mass is 16.6. The molecule has 120 valence electrons. The van der Waals surface area contributed by atoms with Crippen molar-refractivity contribution in [1.29, 1.82) is 0 Å². The third-order valence-electron chi connectivity index (χ3n) is 6.03. The molecule has 2 aromatic rings. The fourth-order valence-electron chi connectivity index (χ4n) is 5.65. The lowest BCUT2D eigenvalue weighted by molar-refractivity contribution is -0.383. The SMILES string of the molecule is O=[N+]([O-])c1ccc(NC23CC4CC(CC(C4)C2)C3)c2nonc12. The molecule has 0 amide bonds. The molecule has 6 rings (SSSR count). The minimum Gasteiger partial charge on any atom is -0.378 e. The Balaban J connectivity index is 1.54. The molecule has 7 nitrogen and oxygen atoms in total. The molecule has 1 aromatic heterocycles. The number of aromatic nitrogens is 2. The quantitative estimate of drug-likeness (QED) is 0.688. The molecule has 0 saturated heterocycles. The van der Waals surface area contributed by atoms with E-state index in [1.165, 1.54) is 44.6 Å². The van der Waals surface area contributed by atoms with Crippen LogP contribution in [-0.2, 0) is 0 Å². The van der Waals surface area contributed by atoms with Gasteiger partial charge in [0.25, 0.3) is 0 Å². The fraction of sp³-hybridized carbons (Fsp3) is 0.625. The number of nitrogens with zero attached hydrogens (tertiary/aromatic N) is 3. The molecule has 4 saturated carbocycles. The molecule has 23 heavy (non-hydrogen) atoms. The highest BCUT2D eigenvalue weighted by Crippen LogP contribution is 2.56. The first-order valence-corrected chi connectivity index (χ1v) is 8.30. The maximum absolute atomic E-state index is 11.1. The van der Waals surface area contributed by atoms with Crippen molar-refractivity contribution in [2.45, 2.75) is 44.1 Å². The van der Waals surface area contributed by atoms with Crippen molar-refractivity contribution in [3.63, 3.8) is 0 Å². The van der Waals surface area contributed by atoms with Crippen LogP contribution in [0, 0.1) is 27.9 Å². The summed E-state index contributed by atoms with van der Waals surface area (Å²) in [6.45, 7) is 0. The number of nitro benzene ring substituents is 1. The van der Waals surface area contributed by atoms with Gasteiger partial charge >= 0.3 is 5.69 Å². The van der Waals surface area contributed by atoms with E-state index in [1.807, 2.05) is 0 Å². The zero-order valence-electron chi connectivity index (χ0n) is 12.7. The van der Waals surface area contributed by atoms with Gasteiger partial charge in [-0.25, -0.2) is 4.63 Å². The molecular weight excluding hydrogens is 296 g/mol. The smallest absolute Gasteiger partial charge is 0.300 e. The van der Waals surface area contributed by atoms with Crippen LogP contribution in [0.25, 0.3) is 11.0 Å². The van der Waals surface area contributed by atoms with Gasteiger partial charge in [-0.05, 0) is 72.7 Å². The second kappa shape index (κ2) is 4.43. The predicted molar refractivity (Wildman–Crippen MR) is 83.0 cm³/mol. The molecular formula is C16H18N4O3. The van der Waals surface area contributed by atoms with Gasteiger partial charge in [0.15, 0.2) is 5.52 Å². The number of nitrogens with one attached hydrogen (secondary N) is 1. The molecule has 4 bridgehead atoms. The van der Waals surface area contributed by atoms with Crippen molar-refractivity contribution in [2.75, 3.05) is 5.32 Å². The number of benzene rings is 1. The van der Waals surface area contributed by atoms with Gasteiger partial charge in [-0.3, -0.25) is 10.1 Å². The number of non-ortho nitro benzene ring substituents is 1. The van der Waals surface area contributed by atoms with Gasteiger partial charge in [-0.1, -0.05) is 0 Å². The van der Waals surface area contributed by atoms with Crippen LogP contribution in [0.4, 0.5) is 11.4 Å². The highest BCUT2D eigenvalue weighted by Gasteiger charge is 2.51. The summed E-state index contributed by atoms with van der Waals surface area (Å²) in [5, 5.41) is 22.4. The van der Waals surface area contributed by atoms with Crippen LogP contribution in [0.1, 0.15) is 38.5 Å². The lowest BCUT2D eigenvalue weighted by Gasteiger charge is -2.57. The van der Waals surface area contributed by atoms with Gasteiger partial charge in [0.05, 0.1) is 10.6 Å². The van der Waals surface area contributed by atoms with E-state index in [0.717, 1.165) is 23.4 Å². The number of nitro groups is 1. The minimum atomic E-state index is -0.443. The van der Waals surface area contributed by atoms with Crippen LogP contribution in [0.2, 0.25) is 0 Å². The normalized spacial score (nSPS) is 34.9. The Hall–Kier alpha value is -2.18. The summed E-state index contributed by atoms with van der Waals surface area (Å²) in [6.07, 6.45) is 7.72. The van der Waals surface area contributed by atoms with Crippen LogP contribution < -0.4 is 5.32 Å². The fourth-order valence-corrected chi connectivity index (χ4v) is 5.65. The van der Waals surface area contributed by atoms with Crippen LogP contribution >= 0.6 is 0 Å². The van der Waals surface area contributed by atoms with Crippen molar-refractivity contribution >= 4 is 22.4 Å². The third-order valence-corrected chi connectivity index (χ3v) is 6.03. The second-order valence-corrected chi connectivity index (χ2v) is 7.67. The van der Waals surface area contributed by atoms with E-state index in [0.29, 0.717) is 5.52 Å². The number of hydrogen-bond acceptors (Lipinski definition) is 6. The number of rotatable bonds is 3. The number of hydrogen-bond donors (Lipinski definition) is 1. The van der Waals surface area contributed by atoms with E-state index in [1.54, 1.807) is 6.07 Å². The summed E-state index contributed by atoms with van der Waals surface area (Å²) < 4.78 is 4.77. The molecule has 4 aliphatic carbocycles. The summed E-state index contributed by atoms with van der Waals surface area (Å²) in [7, 11) is 0. The lowest BCUT2D eigenvalue weighted by atomic mass is 9.53. The molecule has 0 aliphatic heterocycles. The Morgan fingerprint density at radius 3 is 2.30 bits per heavy atom. The van der Waals surface area contributed by atoms with E-state index in [4.69, 9.17) is 4.63 Å². The van der Waals surface area contributed by atoms with Crippen molar-refractivity contribution in [3.8, 4) is 0 Å². The van der Waals surface area contributed by atoms with Crippen molar-refractivity contribution < 1.29 is 9.55 Å². The zero-order valence-corrected chi connectivity index (χ0v) is 12.7. The van der Waals surface area contributed by atoms with Crippen LogP contribution in [0.3, 0.4) is 0 Å². The second-order valence-electron chi connectivity index (χ2n) is 7.67. The van der Waals surface area contributed by atoms with E-state index < -0.39 is 4.92 Å². The van der Waals surface area contributed by atoms with Gasteiger partial charge in [-0.15, -0.1) is 0 Å². The van der Waals surface area contributed by atoms with Gasteiger partial charge in [0.2, 0.25) is 5.52 Å². The number of anilines is 1. The lowest BCUT2D eigenvalue weighted by Crippen LogP contribution is -2.54. The Morgan fingerprint density at radius 1 is 1.09 bits per heavy atom. The van der Waals surface area contributed by atoms with Gasteiger partial charge < -0.3 is 5.32 Å². The maximum Gasteiger partial charge on any atom is 0.300 e. The summed E-state index contributed by atoms with van der Waals surface area (Å²) in [4.78, 5) is 10.7. The van der Waals surface area contributed by atoms with Gasteiger partial charge in [0.1, 0.15) is 0 Å². The monoisotopic (exact) mass is 314 g/mol. The van der Waals surface area contributed by atoms with E-state index in [2.05, 4.69) is 15.6 Å². The zero-order chi connectivity index (χ0) is 15.6. The molecule has 1 heterocycles. The third kappa shape index (κ3) is 1.95. The Kier molecular flexibility index (Phi) is 2.56. The Morgan fingerprint density at radius 2 is 1.70 bits per heavy atom. The standard InChI is InChI=1S/C16H18N4O3/c21-20(22)13-2-1-12(14-15(13)19-23-18-14)17-16-6-9-3-10(7-16)5-11(4-9)8-16/h1-2,9-11,17H,3-8H2. The Labute approximate surface area is 132 Å². The molecule has 0 spiro atoms. The van der Waals surface area contributed by atoms with Gasteiger partial charge in [-0.2, -0.15) is 0 Å². The predicted octanol–water partition coefficient (Wildman–Crippen LogP) is 3.51. The Bertz CT molecular complexity index is 764. The summed E-state index contributed by atoms with van der Waals surface area (Å²) in [5.41, 5.74) is 1.57. The average Bonchev–Trinajstić information content (AvgIpc) is 2.95. The molecule has 0 radical (unpaired) electrons. The van der Waals surface area contributed by atoms with Crippen molar-refractivity contribution in [1.82, 2.24) is 10.3 Å². The molecule has 4 fully saturated rings. The summed E-state index contributed by atoms with van der Waals surface area (Å²) in [6, 6.07) is 3.25. The van der Waals surface area contributed by atoms with Crippen LogP contribution in [-0.4, -0.2) is 20.8 Å². The first-order chi connectivity index (χ1) is 11.1. The molecule has 0 atom stereocenters.